The maximum atomic E-state index is 12.6. The van der Waals surface area contributed by atoms with Gasteiger partial charge in [-0.1, -0.05) is 72.2 Å². The highest BCUT2D eigenvalue weighted by Crippen LogP contribution is 2.34. The van der Waals surface area contributed by atoms with Crippen LogP contribution in [0.4, 0.5) is 0 Å². The first-order chi connectivity index (χ1) is 14.0. The van der Waals surface area contributed by atoms with Crippen LogP contribution in [-0.4, -0.2) is 41.8 Å². The van der Waals surface area contributed by atoms with E-state index in [0.29, 0.717) is 18.7 Å². The van der Waals surface area contributed by atoms with Gasteiger partial charge in [-0.15, -0.1) is 0 Å². The quantitative estimate of drug-likeness (QED) is 0.818. The summed E-state index contributed by atoms with van der Waals surface area (Å²) in [5, 5.41) is 7.17. The summed E-state index contributed by atoms with van der Waals surface area (Å²) in [4.78, 5) is 20.8. The molecule has 1 amide bonds. The highest BCUT2D eigenvalue weighted by molar-refractivity contribution is 6.39. The molecule has 0 unspecified atom stereocenters. The number of hydrogen-bond acceptors (Lipinski definition) is 4. The van der Waals surface area contributed by atoms with Crippen LogP contribution in [0.1, 0.15) is 42.4 Å². The molecule has 2 heterocycles. The van der Waals surface area contributed by atoms with Crippen LogP contribution >= 0.6 is 0 Å². The number of amides is 1. The van der Waals surface area contributed by atoms with Crippen LogP contribution in [0.2, 0.25) is 0 Å². The number of benzene rings is 2. The van der Waals surface area contributed by atoms with Gasteiger partial charge >= 0.3 is 0 Å². The average Bonchev–Trinajstić information content (AvgIpc) is 3.35. The predicted molar refractivity (Wildman–Crippen MR) is 115 cm³/mol. The van der Waals surface area contributed by atoms with Crippen molar-refractivity contribution in [2.75, 3.05) is 19.6 Å². The lowest BCUT2D eigenvalue weighted by atomic mass is 9.96. The highest BCUT2D eigenvalue weighted by Gasteiger charge is 2.46. The van der Waals surface area contributed by atoms with E-state index in [1.165, 1.54) is 16.7 Å². The van der Waals surface area contributed by atoms with Crippen LogP contribution in [0.3, 0.4) is 0 Å². The lowest BCUT2D eigenvalue weighted by molar-refractivity contribution is -0.115. The second-order valence-corrected chi connectivity index (χ2v) is 8.46. The Bertz CT molecular complexity index is 879. The minimum atomic E-state index is -0.345. The molecule has 2 atom stereocenters. The molecule has 152 valence electrons. The molecule has 1 N–H and O–H groups in total. The van der Waals surface area contributed by atoms with E-state index < -0.39 is 0 Å². The zero-order valence-corrected chi connectivity index (χ0v) is 17.2. The van der Waals surface area contributed by atoms with Crippen molar-refractivity contribution in [3.05, 3.63) is 71.3 Å². The third kappa shape index (κ3) is 4.67. The number of nitrogens with one attached hydrogen (secondary N) is 1. The molecular formula is C24H29N3O2. The summed E-state index contributed by atoms with van der Waals surface area (Å²) in [6.07, 6.45) is 1.49. The van der Waals surface area contributed by atoms with Crippen LogP contribution in [0.5, 0.6) is 0 Å². The smallest absolute Gasteiger partial charge is 0.269 e. The van der Waals surface area contributed by atoms with Gasteiger partial charge in [-0.3, -0.25) is 9.69 Å². The Balaban J connectivity index is 1.27. The van der Waals surface area contributed by atoms with Crippen LogP contribution in [0.25, 0.3) is 0 Å². The van der Waals surface area contributed by atoms with Gasteiger partial charge in [-0.25, -0.2) is 0 Å². The second kappa shape index (κ2) is 8.37. The predicted octanol–water partition coefficient (Wildman–Crippen LogP) is 3.64. The molecule has 2 aromatic rings. The van der Waals surface area contributed by atoms with Gasteiger partial charge in [-0.2, -0.15) is 0 Å². The van der Waals surface area contributed by atoms with Crippen LogP contribution in [-0.2, 0) is 16.2 Å². The number of nitrogens with zero attached hydrogens (tertiary/aromatic N) is 2. The number of aryl methyl sites for hydroxylation is 1. The van der Waals surface area contributed by atoms with Crippen molar-refractivity contribution < 1.29 is 9.63 Å². The van der Waals surface area contributed by atoms with E-state index in [9.17, 15) is 4.79 Å². The molecular weight excluding hydrogens is 362 g/mol. The molecule has 2 aromatic carbocycles. The van der Waals surface area contributed by atoms with Crippen molar-refractivity contribution in [3.63, 3.8) is 0 Å². The van der Waals surface area contributed by atoms with Gasteiger partial charge < -0.3 is 10.2 Å². The SMILES string of the molecule is Cc1ccc(CN2CC[C@]3(CC(C(=O)NC[C@H](C)c4ccccc4)=NO3)C2)cc1. The van der Waals surface area contributed by atoms with E-state index in [1.807, 2.05) is 18.2 Å². The molecule has 5 nitrogen and oxygen atoms in total. The molecule has 29 heavy (non-hydrogen) atoms. The van der Waals surface area contributed by atoms with Gasteiger partial charge in [0.15, 0.2) is 5.60 Å². The van der Waals surface area contributed by atoms with E-state index in [0.717, 1.165) is 26.1 Å². The molecule has 5 heteroatoms. The molecule has 0 aromatic heterocycles. The first-order valence-electron chi connectivity index (χ1n) is 10.4. The molecule has 2 aliphatic heterocycles. The Hall–Kier alpha value is -2.66. The zero-order valence-electron chi connectivity index (χ0n) is 17.2. The van der Waals surface area contributed by atoms with Gasteiger partial charge in [0, 0.05) is 39.0 Å². The standard InChI is InChI=1S/C24H29N3O2/c1-18-8-10-20(11-9-18)16-27-13-12-24(17-27)14-22(26-29-24)23(28)25-15-19(2)21-6-4-3-5-7-21/h3-11,19H,12-17H2,1-2H3,(H,25,28)/t19-,24-/m0/s1. The van der Waals surface area contributed by atoms with E-state index in [4.69, 9.17) is 4.84 Å². The highest BCUT2D eigenvalue weighted by atomic mass is 16.7. The van der Waals surface area contributed by atoms with Gasteiger partial charge in [0.05, 0.1) is 0 Å². The van der Waals surface area contributed by atoms with Crippen molar-refractivity contribution >= 4 is 11.6 Å². The Morgan fingerprint density at radius 3 is 2.72 bits per heavy atom. The fraction of sp³-hybridized carbons (Fsp3) is 0.417. The molecule has 0 saturated carbocycles. The van der Waals surface area contributed by atoms with Crippen LogP contribution in [0, 0.1) is 6.92 Å². The number of carbonyl (C=O) groups is 1. The normalized spacial score (nSPS) is 22.3. The molecule has 0 aliphatic carbocycles. The fourth-order valence-electron chi connectivity index (χ4n) is 4.12. The second-order valence-electron chi connectivity index (χ2n) is 8.46. The summed E-state index contributed by atoms with van der Waals surface area (Å²) in [5.74, 6) is 0.148. The Morgan fingerprint density at radius 1 is 1.21 bits per heavy atom. The summed E-state index contributed by atoms with van der Waals surface area (Å²) >= 11 is 0. The van der Waals surface area contributed by atoms with Crippen LogP contribution < -0.4 is 5.32 Å². The van der Waals surface area contributed by atoms with Crippen molar-refractivity contribution in [1.82, 2.24) is 10.2 Å². The van der Waals surface area contributed by atoms with E-state index >= 15 is 0 Å². The summed E-state index contributed by atoms with van der Waals surface area (Å²) in [5.41, 5.74) is 3.97. The monoisotopic (exact) mass is 391 g/mol. The third-order valence-corrected chi connectivity index (χ3v) is 5.96. The molecule has 1 spiro atoms. The number of oxime groups is 1. The van der Waals surface area contributed by atoms with Gasteiger partial charge in [0.25, 0.3) is 5.91 Å². The summed E-state index contributed by atoms with van der Waals surface area (Å²) < 4.78 is 0. The first-order valence-corrected chi connectivity index (χ1v) is 10.4. The molecule has 0 radical (unpaired) electrons. The van der Waals surface area contributed by atoms with Crippen molar-refractivity contribution in [2.24, 2.45) is 5.16 Å². The van der Waals surface area contributed by atoms with Gasteiger partial charge in [0.2, 0.25) is 0 Å². The summed E-state index contributed by atoms with van der Waals surface area (Å²) in [7, 11) is 0. The molecule has 2 aliphatic rings. The van der Waals surface area contributed by atoms with Crippen molar-refractivity contribution in [1.29, 1.82) is 0 Å². The third-order valence-electron chi connectivity index (χ3n) is 5.96. The Labute approximate surface area is 172 Å². The summed E-state index contributed by atoms with van der Waals surface area (Å²) in [6, 6.07) is 18.9. The van der Waals surface area contributed by atoms with E-state index in [-0.39, 0.29) is 17.4 Å². The number of rotatable bonds is 6. The topological polar surface area (TPSA) is 53.9 Å². The lowest BCUT2D eigenvalue weighted by Gasteiger charge is -2.21. The Morgan fingerprint density at radius 2 is 1.97 bits per heavy atom. The number of likely N-dealkylation sites (tertiary alicyclic amines) is 1. The zero-order chi connectivity index (χ0) is 20.3. The number of hydrogen-bond donors (Lipinski definition) is 1. The van der Waals surface area contributed by atoms with Gasteiger partial charge in [0.1, 0.15) is 5.71 Å². The van der Waals surface area contributed by atoms with E-state index in [2.05, 4.69) is 65.6 Å². The van der Waals surface area contributed by atoms with Crippen molar-refractivity contribution in [3.8, 4) is 0 Å². The van der Waals surface area contributed by atoms with Crippen LogP contribution in [0.15, 0.2) is 59.8 Å². The van der Waals surface area contributed by atoms with Crippen molar-refractivity contribution in [2.45, 2.75) is 44.8 Å². The van der Waals surface area contributed by atoms with Gasteiger partial charge in [-0.05, 0) is 24.0 Å². The first kappa shape index (κ1) is 19.6. The maximum absolute atomic E-state index is 12.6. The Kier molecular flexibility index (Phi) is 5.67. The fourth-order valence-corrected chi connectivity index (χ4v) is 4.12. The molecule has 0 bridgehead atoms. The lowest BCUT2D eigenvalue weighted by Crippen LogP contribution is -2.37. The molecule has 1 saturated heterocycles. The number of carbonyl (C=O) groups excluding carboxylic acids is 1. The van der Waals surface area contributed by atoms with E-state index in [1.54, 1.807) is 0 Å². The summed E-state index contributed by atoms with van der Waals surface area (Å²) in [6.45, 7) is 7.48. The average molecular weight is 392 g/mol. The minimum absolute atomic E-state index is 0.110. The minimum Gasteiger partial charge on any atom is -0.387 e. The molecule has 1 fully saturated rings. The molecule has 4 rings (SSSR count). The largest absolute Gasteiger partial charge is 0.387 e. The maximum Gasteiger partial charge on any atom is 0.269 e.